The van der Waals surface area contributed by atoms with Crippen LogP contribution in [0.1, 0.15) is 122 Å². The number of carbonyl (C=O) groups is 1. The van der Waals surface area contributed by atoms with Crippen molar-refractivity contribution in [2.75, 3.05) is 6.54 Å². The normalized spacial score (nSPS) is 22.0. The molecular weight excluding hydrogens is 342 g/mol. The monoisotopic (exact) mass is 389 g/mol. The standard InChI is InChI=1S/C26H47NO/c1-3-23(24-18-15-12-16-19-24)17-13-10-8-6-5-7-9-11-14-20-25-21-22-27(4-2)26(25)28/h4,23-25H,2-3,5-22H2,1H3. The van der Waals surface area contributed by atoms with E-state index in [0.717, 1.165) is 31.2 Å². The van der Waals surface area contributed by atoms with E-state index in [0.29, 0.717) is 5.91 Å². The third-order valence-electron chi connectivity index (χ3n) is 7.54. The Labute approximate surface area is 175 Å². The summed E-state index contributed by atoms with van der Waals surface area (Å²) in [5.74, 6) is 2.66. The van der Waals surface area contributed by atoms with Gasteiger partial charge in [0.15, 0.2) is 0 Å². The average molecular weight is 390 g/mol. The summed E-state index contributed by atoms with van der Waals surface area (Å²) in [6, 6.07) is 0. The molecule has 2 heteroatoms. The molecular formula is C26H47NO. The molecule has 0 spiro atoms. The molecule has 2 atom stereocenters. The number of carbonyl (C=O) groups excluding carboxylic acids is 1. The summed E-state index contributed by atoms with van der Waals surface area (Å²) in [7, 11) is 0. The lowest BCUT2D eigenvalue weighted by Gasteiger charge is -2.29. The molecule has 2 fully saturated rings. The summed E-state index contributed by atoms with van der Waals surface area (Å²) in [6.07, 6.45) is 26.7. The molecule has 0 N–H and O–H groups in total. The maximum absolute atomic E-state index is 12.0. The molecule has 2 unspecified atom stereocenters. The minimum Gasteiger partial charge on any atom is -0.319 e. The molecule has 0 aromatic rings. The second-order valence-electron chi connectivity index (χ2n) is 9.53. The molecule has 1 saturated carbocycles. The zero-order valence-corrected chi connectivity index (χ0v) is 18.8. The Hall–Kier alpha value is -0.790. The van der Waals surface area contributed by atoms with E-state index in [2.05, 4.69) is 13.5 Å². The maximum Gasteiger partial charge on any atom is 0.229 e. The van der Waals surface area contributed by atoms with E-state index in [4.69, 9.17) is 0 Å². The van der Waals surface area contributed by atoms with Crippen molar-refractivity contribution < 1.29 is 4.79 Å². The largest absolute Gasteiger partial charge is 0.319 e. The number of likely N-dealkylation sites (tertiary alicyclic amines) is 1. The fourth-order valence-electron chi connectivity index (χ4n) is 5.63. The smallest absolute Gasteiger partial charge is 0.229 e. The minimum atomic E-state index is 0.276. The number of nitrogens with zero attached hydrogens (tertiary/aromatic N) is 1. The molecule has 1 aliphatic heterocycles. The van der Waals surface area contributed by atoms with Crippen LogP contribution < -0.4 is 0 Å². The Bertz CT molecular complexity index is 426. The second kappa shape index (κ2) is 14.2. The van der Waals surface area contributed by atoms with Gasteiger partial charge in [-0.25, -0.2) is 0 Å². The third kappa shape index (κ3) is 8.29. The van der Waals surface area contributed by atoms with Crippen LogP contribution in [0.5, 0.6) is 0 Å². The van der Waals surface area contributed by atoms with Crippen LogP contribution in [0.15, 0.2) is 12.8 Å². The molecule has 2 nitrogen and oxygen atoms in total. The fourth-order valence-corrected chi connectivity index (χ4v) is 5.63. The molecule has 0 aromatic heterocycles. The van der Waals surface area contributed by atoms with Crippen LogP contribution in [0.2, 0.25) is 0 Å². The van der Waals surface area contributed by atoms with Gasteiger partial charge in [-0.1, -0.05) is 116 Å². The van der Waals surface area contributed by atoms with E-state index in [-0.39, 0.29) is 5.92 Å². The topological polar surface area (TPSA) is 20.3 Å². The molecule has 0 radical (unpaired) electrons. The summed E-state index contributed by atoms with van der Waals surface area (Å²) in [5, 5.41) is 0. The van der Waals surface area contributed by atoms with Crippen molar-refractivity contribution >= 4 is 5.91 Å². The van der Waals surface area contributed by atoms with E-state index in [1.807, 2.05) is 0 Å². The highest BCUT2D eigenvalue weighted by molar-refractivity contribution is 5.81. The van der Waals surface area contributed by atoms with Gasteiger partial charge >= 0.3 is 0 Å². The molecule has 2 rings (SSSR count). The van der Waals surface area contributed by atoms with E-state index in [1.165, 1.54) is 103 Å². The number of amides is 1. The van der Waals surface area contributed by atoms with Crippen LogP contribution in [0.25, 0.3) is 0 Å². The lowest BCUT2D eigenvalue weighted by Crippen LogP contribution is -2.21. The number of rotatable bonds is 15. The maximum atomic E-state index is 12.0. The predicted molar refractivity (Wildman–Crippen MR) is 121 cm³/mol. The van der Waals surface area contributed by atoms with E-state index < -0.39 is 0 Å². The van der Waals surface area contributed by atoms with Gasteiger partial charge in [0, 0.05) is 12.5 Å². The number of hydrogen-bond acceptors (Lipinski definition) is 1. The van der Waals surface area contributed by atoms with Gasteiger partial charge in [-0.15, -0.1) is 0 Å². The highest BCUT2D eigenvalue weighted by atomic mass is 16.2. The van der Waals surface area contributed by atoms with E-state index in [9.17, 15) is 4.79 Å². The van der Waals surface area contributed by atoms with Crippen molar-refractivity contribution in [1.29, 1.82) is 0 Å². The Morgan fingerprint density at radius 1 is 0.929 bits per heavy atom. The lowest BCUT2D eigenvalue weighted by atomic mass is 9.76. The molecule has 0 aromatic carbocycles. The van der Waals surface area contributed by atoms with Gasteiger partial charge < -0.3 is 4.90 Å². The molecule has 1 aliphatic carbocycles. The number of unbranched alkanes of at least 4 members (excludes halogenated alkanes) is 8. The minimum absolute atomic E-state index is 0.276. The zero-order chi connectivity index (χ0) is 20.0. The molecule has 2 aliphatic rings. The van der Waals surface area contributed by atoms with Gasteiger partial charge in [-0.05, 0) is 30.9 Å². The van der Waals surface area contributed by atoms with E-state index >= 15 is 0 Å². The van der Waals surface area contributed by atoms with Crippen molar-refractivity contribution in [3.8, 4) is 0 Å². The van der Waals surface area contributed by atoms with Gasteiger partial charge in [0.05, 0.1) is 0 Å². The van der Waals surface area contributed by atoms with Crippen LogP contribution in [-0.2, 0) is 4.79 Å². The quantitative estimate of drug-likeness (QED) is 0.261. The van der Waals surface area contributed by atoms with Crippen LogP contribution in [-0.4, -0.2) is 17.4 Å². The van der Waals surface area contributed by atoms with Crippen LogP contribution in [0.3, 0.4) is 0 Å². The first-order valence-corrected chi connectivity index (χ1v) is 12.7. The van der Waals surface area contributed by atoms with Crippen molar-refractivity contribution in [2.45, 2.75) is 122 Å². The lowest BCUT2D eigenvalue weighted by molar-refractivity contribution is -0.128. The average Bonchev–Trinajstić information content (AvgIpc) is 3.09. The van der Waals surface area contributed by atoms with Gasteiger partial charge in [0.2, 0.25) is 5.91 Å². The SMILES string of the molecule is C=CN1CCC(CCCCCCCCCCCC(CC)C2CCCCC2)C1=O. The Balaban J connectivity index is 1.37. The Morgan fingerprint density at radius 2 is 1.54 bits per heavy atom. The molecule has 0 bridgehead atoms. The summed E-state index contributed by atoms with van der Waals surface area (Å²) >= 11 is 0. The molecule has 1 heterocycles. The van der Waals surface area contributed by atoms with Crippen molar-refractivity contribution in [2.24, 2.45) is 17.8 Å². The first-order chi connectivity index (χ1) is 13.8. The summed E-state index contributed by atoms with van der Waals surface area (Å²) in [4.78, 5) is 13.8. The van der Waals surface area contributed by atoms with Gasteiger partial charge in [0.1, 0.15) is 0 Å². The van der Waals surface area contributed by atoms with Crippen molar-refractivity contribution in [3.05, 3.63) is 12.8 Å². The number of hydrogen-bond donors (Lipinski definition) is 0. The summed E-state index contributed by atoms with van der Waals surface area (Å²) in [5.41, 5.74) is 0. The van der Waals surface area contributed by atoms with Crippen molar-refractivity contribution in [1.82, 2.24) is 4.90 Å². The van der Waals surface area contributed by atoms with Crippen LogP contribution in [0.4, 0.5) is 0 Å². The van der Waals surface area contributed by atoms with Gasteiger partial charge in [-0.2, -0.15) is 0 Å². The highest BCUT2D eigenvalue weighted by Gasteiger charge is 2.29. The van der Waals surface area contributed by atoms with E-state index in [1.54, 1.807) is 11.1 Å². The zero-order valence-electron chi connectivity index (χ0n) is 18.8. The first kappa shape index (κ1) is 23.5. The van der Waals surface area contributed by atoms with Gasteiger partial charge in [-0.3, -0.25) is 4.79 Å². The second-order valence-corrected chi connectivity index (χ2v) is 9.53. The highest BCUT2D eigenvalue weighted by Crippen LogP contribution is 2.34. The fraction of sp³-hybridized carbons (Fsp3) is 0.885. The van der Waals surface area contributed by atoms with Crippen LogP contribution >= 0.6 is 0 Å². The molecule has 1 amide bonds. The molecule has 1 saturated heterocycles. The molecule has 162 valence electrons. The van der Waals surface area contributed by atoms with Crippen LogP contribution in [0, 0.1) is 17.8 Å². The predicted octanol–water partition coefficient (Wildman–Crippen LogP) is 7.88. The summed E-state index contributed by atoms with van der Waals surface area (Å²) < 4.78 is 0. The summed E-state index contributed by atoms with van der Waals surface area (Å²) in [6.45, 7) is 7.02. The van der Waals surface area contributed by atoms with Gasteiger partial charge in [0.25, 0.3) is 0 Å². The molecule has 28 heavy (non-hydrogen) atoms. The Kier molecular flexibility index (Phi) is 11.9. The third-order valence-corrected chi connectivity index (χ3v) is 7.54. The first-order valence-electron chi connectivity index (χ1n) is 12.7. The van der Waals surface area contributed by atoms with Crippen molar-refractivity contribution in [3.63, 3.8) is 0 Å². The Morgan fingerprint density at radius 3 is 2.11 bits per heavy atom.